The lowest BCUT2D eigenvalue weighted by atomic mass is 10.2. The van der Waals surface area contributed by atoms with Gasteiger partial charge in [-0.25, -0.2) is 18.7 Å². The first-order valence-electron chi connectivity index (χ1n) is 7.75. The maximum absolute atomic E-state index is 13.5. The Labute approximate surface area is 143 Å². The molecule has 0 unspecified atom stereocenters. The molecule has 0 fully saturated rings. The fourth-order valence-corrected chi connectivity index (χ4v) is 2.42. The molecule has 1 heterocycles. The Morgan fingerprint density at radius 1 is 0.960 bits per heavy atom. The van der Waals surface area contributed by atoms with E-state index in [9.17, 15) is 13.6 Å². The number of amides is 1. The highest BCUT2D eigenvalue weighted by atomic mass is 19.1. The summed E-state index contributed by atoms with van der Waals surface area (Å²) in [6, 6.07) is 10.8. The zero-order chi connectivity index (χ0) is 17.8. The van der Waals surface area contributed by atoms with Gasteiger partial charge in [-0.05, 0) is 31.2 Å². The van der Waals surface area contributed by atoms with Gasteiger partial charge in [0, 0.05) is 13.1 Å². The van der Waals surface area contributed by atoms with Crippen LogP contribution in [0.15, 0.2) is 42.5 Å². The average Bonchev–Trinajstić information content (AvgIpc) is 2.58. The molecule has 0 aliphatic rings. The molecule has 0 bridgehead atoms. The molecule has 0 radical (unpaired) electrons. The van der Waals surface area contributed by atoms with Crippen molar-refractivity contribution in [3.05, 3.63) is 65.4 Å². The third-order valence-corrected chi connectivity index (χ3v) is 3.64. The van der Waals surface area contributed by atoms with Crippen LogP contribution in [0.25, 0.3) is 11.0 Å². The molecule has 0 aliphatic carbocycles. The van der Waals surface area contributed by atoms with Gasteiger partial charge in [-0.3, -0.25) is 4.79 Å². The van der Waals surface area contributed by atoms with E-state index >= 15 is 0 Å². The van der Waals surface area contributed by atoms with Crippen LogP contribution in [0.3, 0.4) is 0 Å². The molecule has 2 N–H and O–H groups in total. The minimum Gasteiger partial charge on any atom is -0.367 e. The van der Waals surface area contributed by atoms with Crippen molar-refractivity contribution in [3.8, 4) is 0 Å². The van der Waals surface area contributed by atoms with E-state index in [4.69, 9.17) is 0 Å². The summed E-state index contributed by atoms with van der Waals surface area (Å²) in [6.45, 7) is 2.35. The molecule has 1 amide bonds. The number of aryl methyl sites for hydroxylation is 1. The van der Waals surface area contributed by atoms with Crippen molar-refractivity contribution in [1.82, 2.24) is 15.3 Å². The van der Waals surface area contributed by atoms with Gasteiger partial charge >= 0.3 is 0 Å². The first-order chi connectivity index (χ1) is 12.1. The maximum Gasteiger partial charge on any atom is 0.257 e. The van der Waals surface area contributed by atoms with Gasteiger partial charge < -0.3 is 10.6 Å². The summed E-state index contributed by atoms with van der Waals surface area (Å²) in [7, 11) is 0. The zero-order valence-corrected chi connectivity index (χ0v) is 13.5. The van der Waals surface area contributed by atoms with E-state index in [0.29, 0.717) is 12.4 Å². The normalized spacial score (nSPS) is 10.7. The summed E-state index contributed by atoms with van der Waals surface area (Å²) >= 11 is 0. The van der Waals surface area contributed by atoms with Gasteiger partial charge in [-0.15, -0.1) is 0 Å². The van der Waals surface area contributed by atoms with Crippen molar-refractivity contribution in [3.63, 3.8) is 0 Å². The molecule has 0 atom stereocenters. The van der Waals surface area contributed by atoms with E-state index in [2.05, 4.69) is 20.6 Å². The maximum atomic E-state index is 13.5. The van der Waals surface area contributed by atoms with Gasteiger partial charge in [-0.2, -0.15) is 0 Å². The van der Waals surface area contributed by atoms with E-state index in [1.165, 1.54) is 6.07 Å². The van der Waals surface area contributed by atoms with Crippen molar-refractivity contribution in [1.29, 1.82) is 0 Å². The van der Waals surface area contributed by atoms with Crippen molar-refractivity contribution in [2.75, 3.05) is 18.4 Å². The second kappa shape index (κ2) is 7.21. The number of hydrogen-bond acceptors (Lipinski definition) is 4. The molecule has 3 aromatic rings. The number of aromatic nitrogens is 2. The molecule has 5 nitrogen and oxygen atoms in total. The predicted octanol–water partition coefficient (Wildman–Crippen LogP) is 3.06. The molecular formula is C18H16F2N4O. The second-order valence-electron chi connectivity index (χ2n) is 5.43. The molecule has 2 aromatic carbocycles. The van der Waals surface area contributed by atoms with Crippen LogP contribution >= 0.6 is 0 Å². The third-order valence-electron chi connectivity index (χ3n) is 3.64. The summed E-state index contributed by atoms with van der Waals surface area (Å²) in [5.74, 6) is -1.97. The number of anilines is 1. The van der Waals surface area contributed by atoms with E-state index in [-0.39, 0.29) is 6.54 Å². The van der Waals surface area contributed by atoms with Crippen LogP contribution in [0.2, 0.25) is 0 Å². The van der Waals surface area contributed by atoms with E-state index < -0.39 is 23.1 Å². The van der Waals surface area contributed by atoms with Gasteiger partial charge in [0.25, 0.3) is 5.91 Å². The number of hydrogen-bond donors (Lipinski definition) is 2. The topological polar surface area (TPSA) is 66.9 Å². The number of halogens is 2. The fraction of sp³-hybridized carbons (Fsp3) is 0.167. The lowest BCUT2D eigenvalue weighted by molar-refractivity contribution is 0.0946. The van der Waals surface area contributed by atoms with E-state index in [1.807, 2.05) is 31.2 Å². The number of carbonyl (C=O) groups excluding carboxylic acids is 1. The largest absolute Gasteiger partial charge is 0.367 e. The highest BCUT2D eigenvalue weighted by Crippen LogP contribution is 2.15. The molecular weight excluding hydrogens is 326 g/mol. The summed E-state index contributed by atoms with van der Waals surface area (Å²) in [4.78, 5) is 20.8. The molecule has 0 aliphatic heterocycles. The lowest BCUT2D eigenvalue weighted by Crippen LogP contribution is -2.30. The van der Waals surface area contributed by atoms with Crippen molar-refractivity contribution >= 4 is 22.8 Å². The van der Waals surface area contributed by atoms with Crippen molar-refractivity contribution in [2.45, 2.75) is 6.92 Å². The summed E-state index contributed by atoms with van der Waals surface area (Å²) < 4.78 is 27.1. The van der Waals surface area contributed by atoms with Crippen LogP contribution in [0.4, 0.5) is 14.6 Å². The quantitative estimate of drug-likeness (QED) is 0.700. The highest BCUT2D eigenvalue weighted by Gasteiger charge is 2.16. The molecule has 128 valence electrons. The molecule has 0 saturated carbocycles. The monoisotopic (exact) mass is 342 g/mol. The van der Waals surface area contributed by atoms with Crippen LogP contribution < -0.4 is 10.6 Å². The number of fused-ring (bicyclic) bond motifs is 1. The average molecular weight is 342 g/mol. The Morgan fingerprint density at radius 2 is 1.60 bits per heavy atom. The van der Waals surface area contributed by atoms with Crippen LogP contribution in [-0.4, -0.2) is 29.0 Å². The molecule has 1 aromatic heterocycles. The Morgan fingerprint density at radius 3 is 2.28 bits per heavy atom. The summed E-state index contributed by atoms with van der Waals surface area (Å²) in [5, 5.41) is 5.54. The number of nitrogens with one attached hydrogen (secondary N) is 2. The molecule has 0 spiro atoms. The number of nitrogens with zero attached hydrogens (tertiary/aromatic N) is 2. The standard InChI is InChI=1S/C18H16F2N4O/c1-11-17(24-15-8-3-2-7-14(15)23-11)21-9-10-22-18(25)16-12(19)5-4-6-13(16)20/h2-8H,9-10H2,1H3,(H,21,24)(H,22,25). The number of carbonyl (C=O) groups is 1. The minimum atomic E-state index is -0.887. The van der Waals surface area contributed by atoms with E-state index in [0.717, 1.165) is 28.9 Å². The summed E-state index contributed by atoms with van der Waals surface area (Å²) in [5.41, 5.74) is 1.70. The van der Waals surface area contributed by atoms with Crippen LogP contribution in [0.5, 0.6) is 0 Å². The number of benzene rings is 2. The van der Waals surface area contributed by atoms with Crippen LogP contribution in [-0.2, 0) is 0 Å². The molecule has 7 heteroatoms. The fourth-order valence-electron chi connectivity index (χ4n) is 2.42. The van der Waals surface area contributed by atoms with Gasteiger partial charge in [0.2, 0.25) is 0 Å². The summed E-state index contributed by atoms with van der Waals surface area (Å²) in [6.07, 6.45) is 0. The minimum absolute atomic E-state index is 0.181. The number of para-hydroxylation sites is 2. The van der Waals surface area contributed by atoms with Gasteiger partial charge in [0.1, 0.15) is 23.0 Å². The SMILES string of the molecule is Cc1nc2ccccc2nc1NCCNC(=O)c1c(F)cccc1F. The smallest absolute Gasteiger partial charge is 0.257 e. The lowest BCUT2D eigenvalue weighted by Gasteiger charge is -2.10. The molecule has 25 heavy (non-hydrogen) atoms. The zero-order valence-electron chi connectivity index (χ0n) is 13.5. The third kappa shape index (κ3) is 3.71. The Hall–Kier alpha value is -3.09. The Balaban J connectivity index is 1.60. The van der Waals surface area contributed by atoms with Crippen LogP contribution in [0, 0.1) is 18.6 Å². The van der Waals surface area contributed by atoms with Crippen LogP contribution in [0.1, 0.15) is 16.1 Å². The molecule has 3 rings (SSSR count). The van der Waals surface area contributed by atoms with Crippen molar-refractivity contribution in [2.24, 2.45) is 0 Å². The van der Waals surface area contributed by atoms with Crippen molar-refractivity contribution < 1.29 is 13.6 Å². The van der Waals surface area contributed by atoms with Gasteiger partial charge in [0.05, 0.1) is 16.7 Å². The Bertz CT molecular complexity index is 910. The number of rotatable bonds is 5. The predicted molar refractivity (Wildman–Crippen MR) is 91.5 cm³/mol. The first-order valence-corrected chi connectivity index (χ1v) is 7.75. The van der Waals surface area contributed by atoms with Gasteiger partial charge in [-0.1, -0.05) is 18.2 Å². The van der Waals surface area contributed by atoms with Gasteiger partial charge in [0.15, 0.2) is 0 Å². The molecule has 0 saturated heterocycles. The first kappa shape index (κ1) is 16.8. The highest BCUT2D eigenvalue weighted by molar-refractivity contribution is 5.94. The second-order valence-corrected chi connectivity index (χ2v) is 5.43. The Kier molecular flexibility index (Phi) is 4.83. The van der Waals surface area contributed by atoms with E-state index in [1.54, 1.807) is 0 Å².